The zero-order chi connectivity index (χ0) is 11.1. The van der Waals surface area contributed by atoms with Crippen LogP contribution < -0.4 is 0 Å². The molecule has 13 heavy (non-hydrogen) atoms. The first-order valence-electron chi connectivity index (χ1n) is 4.76. The molecule has 0 spiro atoms. The van der Waals surface area contributed by atoms with E-state index in [9.17, 15) is 0 Å². The molecular formula is C12H24O. The van der Waals surface area contributed by atoms with E-state index >= 15 is 0 Å². The van der Waals surface area contributed by atoms with E-state index in [0.717, 1.165) is 6.42 Å². The van der Waals surface area contributed by atoms with Gasteiger partial charge in [0.1, 0.15) is 0 Å². The highest BCUT2D eigenvalue weighted by Crippen LogP contribution is 2.17. The molecule has 78 valence electrons. The van der Waals surface area contributed by atoms with Crippen LogP contribution in [0.25, 0.3) is 0 Å². The minimum Gasteiger partial charge on any atom is -0.370 e. The molecule has 0 bridgehead atoms. The maximum atomic E-state index is 5.62. The predicted molar refractivity (Wildman–Crippen MR) is 59.7 cm³/mol. The number of rotatable bonds is 0. The Labute approximate surface area is 83.9 Å². The van der Waals surface area contributed by atoms with Crippen LogP contribution in [0, 0.1) is 12.3 Å². The van der Waals surface area contributed by atoms with Crippen LogP contribution in [-0.4, -0.2) is 11.2 Å². The zero-order valence-electron chi connectivity index (χ0n) is 10.2. The third-order valence-corrected chi connectivity index (χ3v) is 0.816. The van der Waals surface area contributed by atoms with E-state index in [0.29, 0.717) is 0 Å². The second-order valence-corrected chi connectivity index (χ2v) is 4.88. The van der Waals surface area contributed by atoms with Crippen LogP contribution in [-0.2, 0) is 4.74 Å². The first-order valence-corrected chi connectivity index (χ1v) is 4.76. The number of hydrogen-bond acceptors (Lipinski definition) is 1. The number of ether oxygens (including phenoxy) is 1. The predicted octanol–water partition coefficient (Wildman–Crippen LogP) is 3.63. The van der Waals surface area contributed by atoms with E-state index in [-0.39, 0.29) is 11.2 Å². The van der Waals surface area contributed by atoms with Crippen molar-refractivity contribution in [1.29, 1.82) is 0 Å². The molecule has 0 aromatic carbocycles. The van der Waals surface area contributed by atoms with Crippen LogP contribution in [0.15, 0.2) is 0 Å². The lowest BCUT2D eigenvalue weighted by Gasteiger charge is -2.30. The topological polar surface area (TPSA) is 9.23 Å². The normalized spacial score (nSPS) is 11.2. The third kappa shape index (κ3) is 24.6. The Morgan fingerprint density at radius 2 is 1.23 bits per heavy atom. The van der Waals surface area contributed by atoms with Gasteiger partial charge in [-0.15, -0.1) is 12.3 Å². The number of hydrogen-bond donors (Lipinski definition) is 0. The molecule has 0 aliphatic heterocycles. The summed E-state index contributed by atoms with van der Waals surface area (Å²) in [5.74, 6) is 2.43. The molecule has 0 amide bonds. The van der Waals surface area contributed by atoms with Crippen molar-refractivity contribution in [2.75, 3.05) is 0 Å². The van der Waals surface area contributed by atoms with Crippen LogP contribution in [0.3, 0.4) is 0 Å². The lowest BCUT2D eigenvalue weighted by molar-refractivity contribution is -0.102. The lowest BCUT2D eigenvalue weighted by Crippen LogP contribution is -2.31. The van der Waals surface area contributed by atoms with Crippen LogP contribution in [0.2, 0.25) is 0 Å². The van der Waals surface area contributed by atoms with Crippen molar-refractivity contribution in [2.24, 2.45) is 0 Å². The van der Waals surface area contributed by atoms with E-state index in [1.807, 2.05) is 6.92 Å². The van der Waals surface area contributed by atoms with Crippen molar-refractivity contribution in [1.82, 2.24) is 0 Å². The molecule has 0 rings (SSSR count). The summed E-state index contributed by atoms with van der Waals surface area (Å²) in [5, 5.41) is 0. The molecule has 0 aliphatic rings. The second kappa shape index (κ2) is 6.05. The average molecular weight is 184 g/mol. The van der Waals surface area contributed by atoms with Crippen molar-refractivity contribution in [3.8, 4) is 12.3 Å². The van der Waals surface area contributed by atoms with Gasteiger partial charge in [0.15, 0.2) is 0 Å². The van der Waals surface area contributed by atoms with Gasteiger partial charge in [-0.3, -0.25) is 0 Å². The molecule has 0 atom stereocenters. The van der Waals surface area contributed by atoms with Crippen molar-refractivity contribution in [3.63, 3.8) is 0 Å². The summed E-state index contributed by atoms with van der Waals surface area (Å²) in [7, 11) is 0. The SMILES string of the molecule is C#CCC.CC(C)(C)OC(C)(C)C. The minimum atomic E-state index is -0.0156. The summed E-state index contributed by atoms with van der Waals surface area (Å²) < 4.78 is 5.62. The number of terminal acetylenes is 1. The minimum absolute atomic E-state index is 0.0156. The monoisotopic (exact) mass is 184 g/mol. The van der Waals surface area contributed by atoms with Gasteiger partial charge >= 0.3 is 0 Å². The van der Waals surface area contributed by atoms with E-state index in [2.05, 4.69) is 47.5 Å². The molecule has 1 nitrogen and oxygen atoms in total. The van der Waals surface area contributed by atoms with Gasteiger partial charge in [-0.05, 0) is 41.5 Å². The molecule has 0 aromatic heterocycles. The quantitative estimate of drug-likeness (QED) is 0.522. The Morgan fingerprint density at radius 1 is 1.00 bits per heavy atom. The van der Waals surface area contributed by atoms with Gasteiger partial charge in [-0.2, -0.15) is 0 Å². The zero-order valence-corrected chi connectivity index (χ0v) is 10.2. The Bertz CT molecular complexity index is 137. The van der Waals surface area contributed by atoms with E-state index in [1.165, 1.54) is 0 Å². The van der Waals surface area contributed by atoms with E-state index in [1.54, 1.807) is 0 Å². The molecule has 0 saturated carbocycles. The molecule has 0 heterocycles. The van der Waals surface area contributed by atoms with E-state index < -0.39 is 0 Å². The maximum absolute atomic E-state index is 5.62. The summed E-state index contributed by atoms with van der Waals surface area (Å²) in [6, 6.07) is 0. The largest absolute Gasteiger partial charge is 0.370 e. The van der Waals surface area contributed by atoms with Crippen LogP contribution in [0.1, 0.15) is 54.9 Å². The first-order chi connectivity index (χ1) is 5.62. The fraction of sp³-hybridized carbons (Fsp3) is 0.833. The van der Waals surface area contributed by atoms with Crippen molar-refractivity contribution < 1.29 is 4.74 Å². The van der Waals surface area contributed by atoms with Gasteiger partial charge in [0.25, 0.3) is 0 Å². The highest BCUT2D eigenvalue weighted by Gasteiger charge is 2.19. The van der Waals surface area contributed by atoms with Gasteiger partial charge in [-0.1, -0.05) is 6.92 Å². The van der Waals surface area contributed by atoms with Gasteiger partial charge in [-0.25, -0.2) is 0 Å². The summed E-state index contributed by atoms with van der Waals surface area (Å²) >= 11 is 0. The fourth-order valence-electron chi connectivity index (χ4n) is 0.919. The summed E-state index contributed by atoms with van der Waals surface area (Å²) in [4.78, 5) is 0. The smallest absolute Gasteiger partial charge is 0.0605 e. The molecule has 0 saturated heterocycles. The molecule has 0 N–H and O–H groups in total. The Hall–Kier alpha value is -0.480. The fourth-order valence-corrected chi connectivity index (χ4v) is 0.919. The molecule has 0 unspecified atom stereocenters. The first kappa shape index (κ1) is 15.0. The summed E-state index contributed by atoms with van der Waals surface area (Å²) in [6.07, 6.45) is 5.62. The van der Waals surface area contributed by atoms with Crippen LogP contribution in [0.4, 0.5) is 0 Å². The highest BCUT2D eigenvalue weighted by molar-refractivity contribution is 4.80. The maximum Gasteiger partial charge on any atom is 0.0605 e. The highest BCUT2D eigenvalue weighted by atomic mass is 16.5. The molecule has 0 aromatic rings. The van der Waals surface area contributed by atoms with Crippen molar-refractivity contribution in [2.45, 2.75) is 66.1 Å². The van der Waals surface area contributed by atoms with Gasteiger partial charge < -0.3 is 4.74 Å². The Morgan fingerprint density at radius 3 is 1.23 bits per heavy atom. The molecule has 1 heteroatoms. The average Bonchev–Trinajstić information content (AvgIpc) is 1.80. The molecular weight excluding hydrogens is 160 g/mol. The summed E-state index contributed by atoms with van der Waals surface area (Å²) in [6.45, 7) is 14.4. The molecule has 0 aliphatic carbocycles. The van der Waals surface area contributed by atoms with Crippen LogP contribution in [0.5, 0.6) is 0 Å². The Kier molecular flexibility index (Phi) is 6.98. The van der Waals surface area contributed by atoms with Crippen LogP contribution >= 0.6 is 0 Å². The Balaban J connectivity index is 0. The third-order valence-electron chi connectivity index (χ3n) is 0.816. The molecule has 0 radical (unpaired) electrons. The van der Waals surface area contributed by atoms with Gasteiger partial charge in [0, 0.05) is 6.42 Å². The second-order valence-electron chi connectivity index (χ2n) is 4.88. The lowest BCUT2D eigenvalue weighted by atomic mass is 10.1. The summed E-state index contributed by atoms with van der Waals surface area (Å²) in [5.41, 5.74) is -0.0312. The standard InChI is InChI=1S/C8H18O.C4H6/c1-7(2,3)9-8(4,5)6;1-3-4-2/h1-6H3;1H,4H2,2H3. The van der Waals surface area contributed by atoms with Gasteiger partial charge in [0.05, 0.1) is 11.2 Å². The van der Waals surface area contributed by atoms with E-state index in [4.69, 9.17) is 11.2 Å². The molecule has 0 fully saturated rings. The van der Waals surface area contributed by atoms with Gasteiger partial charge in [0.2, 0.25) is 0 Å². The van der Waals surface area contributed by atoms with Crippen molar-refractivity contribution >= 4 is 0 Å². The van der Waals surface area contributed by atoms with Crippen molar-refractivity contribution in [3.05, 3.63) is 0 Å².